The summed E-state index contributed by atoms with van der Waals surface area (Å²) in [5.74, 6) is -0.664. The van der Waals surface area contributed by atoms with Crippen molar-refractivity contribution in [2.75, 3.05) is 6.61 Å². The van der Waals surface area contributed by atoms with Crippen molar-refractivity contribution in [1.82, 2.24) is 4.98 Å². The number of rotatable bonds is 22. The monoisotopic (exact) mass is 650 g/mol. The van der Waals surface area contributed by atoms with Crippen molar-refractivity contribution in [1.29, 1.82) is 0 Å². The molecular weight excluding hydrogens is 582 g/mol. The van der Waals surface area contributed by atoms with Gasteiger partial charge in [0, 0.05) is 18.0 Å². The summed E-state index contributed by atoms with van der Waals surface area (Å²) in [6.45, 7) is 11.0. The first-order chi connectivity index (χ1) is 22.7. The number of nitrogens with one attached hydrogen (secondary N) is 1. The standard InChI is InChI=1S/C18H34O2.C15H26O.C9H7NO/c1-2-3-4-5-6-7-8-9-10-11-12-13-14-15-16-17-18(19)20;1-13(2)7-5-8-14(3)9-6-10-15(4)11-12-16;11-9-6-5-7-3-1-2-4-8(7)10-9/h9-10H,2-8,11-17H2,1H3,(H,19,20);7,9,11,16H,5-6,8,10,12H2,1-4H3;1-6H,(H,10,11)/b10-9+;;. The van der Waals surface area contributed by atoms with Gasteiger partial charge in [-0.05, 0) is 103 Å². The molecule has 264 valence electrons. The molecule has 0 atom stereocenters. The zero-order chi connectivity index (χ0) is 35.0. The maximum atomic E-state index is 10.8. The van der Waals surface area contributed by atoms with E-state index in [9.17, 15) is 9.59 Å². The van der Waals surface area contributed by atoms with Gasteiger partial charge in [0.1, 0.15) is 0 Å². The molecule has 1 heterocycles. The van der Waals surface area contributed by atoms with Crippen LogP contribution < -0.4 is 5.56 Å². The van der Waals surface area contributed by atoms with E-state index in [1.54, 1.807) is 0 Å². The van der Waals surface area contributed by atoms with Crippen molar-refractivity contribution in [3.63, 3.8) is 0 Å². The summed E-state index contributed by atoms with van der Waals surface area (Å²) in [7, 11) is 0. The van der Waals surface area contributed by atoms with Crippen molar-refractivity contribution in [2.24, 2.45) is 0 Å². The Labute approximate surface area is 287 Å². The minimum atomic E-state index is -0.664. The van der Waals surface area contributed by atoms with Crippen molar-refractivity contribution in [3.05, 3.63) is 93.9 Å². The number of allylic oxidation sites excluding steroid dienone is 7. The molecule has 0 amide bonds. The molecule has 1 aromatic carbocycles. The fourth-order valence-corrected chi connectivity index (χ4v) is 4.94. The number of aliphatic hydroxyl groups is 1. The Balaban J connectivity index is 0.000000700. The van der Waals surface area contributed by atoms with E-state index in [2.05, 4.69) is 63.9 Å². The van der Waals surface area contributed by atoms with Gasteiger partial charge in [-0.3, -0.25) is 9.59 Å². The number of fused-ring (bicyclic) bond motifs is 1. The third kappa shape index (κ3) is 29.9. The van der Waals surface area contributed by atoms with Gasteiger partial charge < -0.3 is 15.2 Å². The lowest BCUT2D eigenvalue weighted by molar-refractivity contribution is -0.137. The number of carboxylic acid groups (broad SMARTS) is 1. The highest BCUT2D eigenvalue weighted by Gasteiger charge is 1.96. The van der Waals surface area contributed by atoms with E-state index in [1.165, 1.54) is 93.4 Å². The van der Waals surface area contributed by atoms with Gasteiger partial charge in [0.05, 0.1) is 6.61 Å². The van der Waals surface area contributed by atoms with Gasteiger partial charge in [-0.2, -0.15) is 0 Å². The summed E-state index contributed by atoms with van der Waals surface area (Å²) in [5.41, 5.74) is 4.98. The van der Waals surface area contributed by atoms with Crippen molar-refractivity contribution in [3.8, 4) is 0 Å². The predicted molar refractivity (Wildman–Crippen MR) is 204 cm³/mol. The first-order valence-electron chi connectivity index (χ1n) is 18.2. The second-order valence-corrected chi connectivity index (χ2v) is 12.8. The van der Waals surface area contributed by atoms with E-state index >= 15 is 0 Å². The van der Waals surface area contributed by atoms with Crippen LogP contribution in [0.3, 0.4) is 0 Å². The molecule has 0 unspecified atom stereocenters. The molecule has 5 nitrogen and oxygen atoms in total. The normalized spacial score (nSPS) is 11.5. The van der Waals surface area contributed by atoms with Crippen LogP contribution >= 0.6 is 0 Å². The van der Waals surface area contributed by atoms with Crippen LogP contribution in [0.4, 0.5) is 0 Å². The van der Waals surface area contributed by atoms with Crippen LogP contribution in [0.15, 0.2) is 88.3 Å². The number of unbranched alkanes of at least 4 members (excludes halogenated alkanes) is 11. The molecule has 0 aliphatic heterocycles. The number of aromatic amines is 1. The van der Waals surface area contributed by atoms with Crippen molar-refractivity contribution < 1.29 is 15.0 Å². The second-order valence-electron chi connectivity index (χ2n) is 12.8. The van der Waals surface area contributed by atoms with Gasteiger partial charge in [-0.25, -0.2) is 0 Å². The fraction of sp³-hybridized carbons (Fsp3) is 0.571. The maximum Gasteiger partial charge on any atom is 0.303 e. The van der Waals surface area contributed by atoms with Crippen LogP contribution in [0.25, 0.3) is 10.9 Å². The van der Waals surface area contributed by atoms with Crippen LogP contribution in [0.5, 0.6) is 0 Å². The maximum absolute atomic E-state index is 10.8. The molecule has 0 aliphatic rings. The molecule has 2 aromatic rings. The minimum absolute atomic E-state index is 0.0521. The SMILES string of the molecule is CC(C)=CCCC(C)=CCCC(C)=CCO.CCCCCCCC/C=C/CCCCCCCC(=O)O.O=c1ccc2ccccc2[nH]1. The summed E-state index contributed by atoms with van der Waals surface area (Å²) in [4.78, 5) is 23.9. The number of benzene rings is 1. The Morgan fingerprint density at radius 2 is 1.21 bits per heavy atom. The Morgan fingerprint density at radius 3 is 1.81 bits per heavy atom. The molecule has 0 spiro atoms. The number of aromatic nitrogens is 1. The Kier molecular flexibility index (Phi) is 29.3. The summed E-state index contributed by atoms with van der Waals surface area (Å²) in [6, 6.07) is 11.0. The van der Waals surface area contributed by atoms with E-state index in [-0.39, 0.29) is 12.2 Å². The molecule has 0 radical (unpaired) electrons. The van der Waals surface area contributed by atoms with Gasteiger partial charge in [0.2, 0.25) is 5.56 Å². The first kappa shape index (κ1) is 43.8. The lowest BCUT2D eigenvalue weighted by Gasteiger charge is -2.00. The molecule has 0 saturated carbocycles. The summed E-state index contributed by atoms with van der Waals surface area (Å²) >= 11 is 0. The number of hydrogen-bond donors (Lipinski definition) is 3. The van der Waals surface area contributed by atoms with Gasteiger partial charge in [-0.15, -0.1) is 0 Å². The molecule has 0 bridgehead atoms. The number of para-hydroxylation sites is 1. The smallest absolute Gasteiger partial charge is 0.303 e. The molecule has 0 aliphatic carbocycles. The van der Waals surface area contributed by atoms with Crippen molar-refractivity contribution in [2.45, 2.75) is 150 Å². The van der Waals surface area contributed by atoms with Crippen molar-refractivity contribution >= 4 is 16.9 Å². The molecular formula is C42H67NO4. The zero-order valence-electron chi connectivity index (χ0n) is 30.5. The lowest BCUT2D eigenvalue weighted by atomic mass is 10.1. The molecule has 2 rings (SSSR count). The molecule has 3 N–H and O–H groups in total. The van der Waals surface area contributed by atoms with Crippen LogP contribution in [0.1, 0.15) is 150 Å². The van der Waals surface area contributed by atoms with E-state index in [4.69, 9.17) is 10.2 Å². The van der Waals surface area contributed by atoms with E-state index < -0.39 is 5.97 Å². The van der Waals surface area contributed by atoms with Gasteiger partial charge in [0.25, 0.3) is 0 Å². The van der Waals surface area contributed by atoms with E-state index in [1.807, 2.05) is 36.4 Å². The molecule has 1 aromatic heterocycles. The van der Waals surface area contributed by atoms with Gasteiger partial charge in [-0.1, -0.05) is 124 Å². The summed E-state index contributed by atoms with van der Waals surface area (Å²) in [6.07, 6.45) is 32.2. The fourth-order valence-electron chi connectivity index (χ4n) is 4.94. The Bertz CT molecular complexity index is 1230. The van der Waals surface area contributed by atoms with E-state index in [0.717, 1.165) is 49.4 Å². The third-order valence-electron chi connectivity index (χ3n) is 7.85. The zero-order valence-corrected chi connectivity index (χ0v) is 30.5. The number of aliphatic hydroxyl groups excluding tert-OH is 1. The summed E-state index contributed by atoms with van der Waals surface area (Å²) < 4.78 is 0. The quantitative estimate of drug-likeness (QED) is 0.0874. The molecule has 47 heavy (non-hydrogen) atoms. The number of pyridine rings is 1. The van der Waals surface area contributed by atoms with E-state index in [0.29, 0.717) is 6.42 Å². The van der Waals surface area contributed by atoms with Gasteiger partial charge >= 0.3 is 5.97 Å². The molecule has 0 saturated heterocycles. The number of aliphatic carboxylic acids is 1. The number of hydrogen-bond acceptors (Lipinski definition) is 3. The average molecular weight is 650 g/mol. The van der Waals surface area contributed by atoms with Gasteiger partial charge in [0.15, 0.2) is 0 Å². The highest BCUT2D eigenvalue weighted by Crippen LogP contribution is 2.12. The lowest BCUT2D eigenvalue weighted by Crippen LogP contribution is -2.01. The Hall–Kier alpha value is -3.18. The second kappa shape index (κ2) is 31.4. The highest BCUT2D eigenvalue weighted by molar-refractivity contribution is 5.77. The average Bonchev–Trinajstić information content (AvgIpc) is 3.03. The van der Waals surface area contributed by atoms with Crippen LogP contribution in [-0.2, 0) is 4.79 Å². The van der Waals surface area contributed by atoms with Crippen LogP contribution in [0.2, 0.25) is 0 Å². The van der Waals surface area contributed by atoms with Crippen LogP contribution in [0, 0.1) is 0 Å². The Morgan fingerprint density at radius 1 is 0.660 bits per heavy atom. The molecule has 5 heteroatoms. The minimum Gasteiger partial charge on any atom is -0.481 e. The largest absolute Gasteiger partial charge is 0.481 e. The topological polar surface area (TPSA) is 90.4 Å². The molecule has 0 fully saturated rings. The number of carbonyl (C=O) groups is 1. The predicted octanol–water partition coefficient (Wildman–Crippen LogP) is 12.0. The third-order valence-corrected chi connectivity index (χ3v) is 7.85. The number of carboxylic acids is 1. The van der Waals surface area contributed by atoms with Crippen LogP contribution in [-0.4, -0.2) is 27.8 Å². The first-order valence-corrected chi connectivity index (χ1v) is 18.2. The summed E-state index contributed by atoms with van der Waals surface area (Å²) in [5, 5.41) is 18.3. The highest BCUT2D eigenvalue weighted by atomic mass is 16.4. The number of H-pyrrole nitrogens is 1.